The van der Waals surface area contributed by atoms with Crippen molar-refractivity contribution in [3.05, 3.63) is 60.7 Å². The SMILES string of the molecule is CC[C@@H](C)NC(=O)Cn1c(-c2ccccc2)cc2ccccc21. The van der Waals surface area contributed by atoms with Crippen molar-refractivity contribution in [3.8, 4) is 11.3 Å². The molecular formula is C20H22N2O. The number of benzene rings is 2. The Bertz CT molecular complexity index is 805. The molecule has 0 fully saturated rings. The minimum atomic E-state index is 0.0536. The van der Waals surface area contributed by atoms with Crippen molar-refractivity contribution >= 4 is 16.8 Å². The number of hydrogen-bond acceptors (Lipinski definition) is 1. The summed E-state index contributed by atoms with van der Waals surface area (Å²) in [6.07, 6.45) is 0.934. The van der Waals surface area contributed by atoms with Crippen molar-refractivity contribution in [2.24, 2.45) is 0 Å². The van der Waals surface area contributed by atoms with Gasteiger partial charge in [0.05, 0.1) is 0 Å². The van der Waals surface area contributed by atoms with E-state index in [4.69, 9.17) is 0 Å². The molecule has 1 N–H and O–H groups in total. The predicted octanol–water partition coefficient (Wildman–Crippen LogP) is 4.22. The Kier molecular flexibility index (Phi) is 4.47. The predicted molar refractivity (Wildman–Crippen MR) is 95.3 cm³/mol. The van der Waals surface area contributed by atoms with Crippen molar-refractivity contribution in [2.45, 2.75) is 32.9 Å². The summed E-state index contributed by atoms with van der Waals surface area (Å²) in [6, 6.07) is 20.8. The second kappa shape index (κ2) is 6.69. The number of nitrogens with zero attached hydrogens (tertiary/aromatic N) is 1. The Labute approximate surface area is 136 Å². The highest BCUT2D eigenvalue weighted by Gasteiger charge is 2.14. The van der Waals surface area contributed by atoms with E-state index in [1.165, 1.54) is 0 Å². The van der Waals surface area contributed by atoms with Crippen LogP contribution in [0.1, 0.15) is 20.3 Å². The van der Waals surface area contributed by atoms with E-state index >= 15 is 0 Å². The fourth-order valence-corrected chi connectivity index (χ4v) is 2.79. The molecule has 3 rings (SSSR count). The lowest BCUT2D eigenvalue weighted by molar-refractivity contribution is -0.122. The van der Waals surface area contributed by atoms with Crippen molar-refractivity contribution in [2.75, 3.05) is 0 Å². The van der Waals surface area contributed by atoms with Gasteiger partial charge in [-0.3, -0.25) is 4.79 Å². The van der Waals surface area contributed by atoms with Crippen LogP contribution in [0.5, 0.6) is 0 Å². The third-order valence-corrected chi connectivity index (χ3v) is 4.20. The van der Waals surface area contributed by atoms with Crippen LogP contribution in [-0.2, 0) is 11.3 Å². The van der Waals surface area contributed by atoms with Crippen LogP contribution in [-0.4, -0.2) is 16.5 Å². The third kappa shape index (κ3) is 3.29. The van der Waals surface area contributed by atoms with Crippen LogP contribution in [0.3, 0.4) is 0 Å². The van der Waals surface area contributed by atoms with Crippen molar-refractivity contribution in [1.82, 2.24) is 9.88 Å². The quantitative estimate of drug-likeness (QED) is 0.752. The van der Waals surface area contributed by atoms with Gasteiger partial charge in [0.25, 0.3) is 0 Å². The molecule has 1 atom stereocenters. The Hall–Kier alpha value is -2.55. The lowest BCUT2D eigenvalue weighted by Gasteiger charge is -2.14. The van der Waals surface area contributed by atoms with Gasteiger partial charge in [-0.05, 0) is 31.0 Å². The molecule has 2 aromatic carbocycles. The zero-order valence-electron chi connectivity index (χ0n) is 13.6. The Morgan fingerprint density at radius 1 is 1.09 bits per heavy atom. The highest BCUT2D eigenvalue weighted by atomic mass is 16.2. The molecule has 118 valence electrons. The van der Waals surface area contributed by atoms with Gasteiger partial charge in [0, 0.05) is 22.6 Å². The highest BCUT2D eigenvalue weighted by Crippen LogP contribution is 2.28. The zero-order valence-corrected chi connectivity index (χ0v) is 13.6. The van der Waals surface area contributed by atoms with Crippen LogP contribution in [0.2, 0.25) is 0 Å². The molecular weight excluding hydrogens is 284 g/mol. The first-order valence-electron chi connectivity index (χ1n) is 8.12. The minimum Gasteiger partial charge on any atom is -0.352 e. The summed E-state index contributed by atoms with van der Waals surface area (Å²) < 4.78 is 2.10. The molecule has 0 aliphatic heterocycles. The van der Waals surface area contributed by atoms with Gasteiger partial charge >= 0.3 is 0 Å². The molecule has 0 saturated carbocycles. The second-order valence-corrected chi connectivity index (χ2v) is 5.92. The molecule has 3 nitrogen and oxygen atoms in total. The van der Waals surface area contributed by atoms with Crippen molar-refractivity contribution < 1.29 is 4.79 Å². The molecule has 0 aliphatic rings. The molecule has 0 aliphatic carbocycles. The lowest BCUT2D eigenvalue weighted by atomic mass is 10.1. The molecule has 0 bridgehead atoms. The first kappa shape index (κ1) is 15.3. The average Bonchev–Trinajstić information content (AvgIpc) is 2.94. The zero-order chi connectivity index (χ0) is 16.2. The molecule has 0 spiro atoms. The number of para-hydroxylation sites is 1. The molecule has 0 unspecified atom stereocenters. The maximum atomic E-state index is 12.4. The van der Waals surface area contributed by atoms with Crippen LogP contribution in [0.15, 0.2) is 60.7 Å². The summed E-state index contributed by atoms with van der Waals surface area (Å²) in [6.45, 7) is 4.44. The van der Waals surface area contributed by atoms with Crippen LogP contribution in [0, 0.1) is 0 Å². The smallest absolute Gasteiger partial charge is 0.240 e. The monoisotopic (exact) mass is 306 g/mol. The second-order valence-electron chi connectivity index (χ2n) is 5.92. The number of carbonyl (C=O) groups is 1. The standard InChI is InChI=1S/C20H22N2O/c1-3-15(2)21-20(23)14-22-18-12-8-7-11-17(18)13-19(22)16-9-5-4-6-10-16/h4-13,15H,3,14H2,1-2H3,(H,21,23)/t15-/m1/s1. The molecule has 1 amide bonds. The molecule has 23 heavy (non-hydrogen) atoms. The van der Waals surface area contributed by atoms with Gasteiger partial charge in [-0.25, -0.2) is 0 Å². The lowest BCUT2D eigenvalue weighted by Crippen LogP contribution is -2.34. The summed E-state index contributed by atoms with van der Waals surface area (Å²) >= 11 is 0. The molecule has 0 saturated heterocycles. The fourth-order valence-electron chi connectivity index (χ4n) is 2.79. The van der Waals surface area contributed by atoms with Gasteiger partial charge < -0.3 is 9.88 Å². The van der Waals surface area contributed by atoms with Gasteiger partial charge in [0.15, 0.2) is 0 Å². The molecule has 3 aromatic rings. The first-order valence-corrected chi connectivity index (χ1v) is 8.12. The first-order chi connectivity index (χ1) is 11.2. The summed E-state index contributed by atoms with van der Waals surface area (Å²) in [5.74, 6) is 0.0536. The van der Waals surface area contributed by atoms with Gasteiger partial charge in [0.1, 0.15) is 6.54 Å². The maximum absolute atomic E-state index is 12.4. The summed E-state index contributed by atoms with van der Waals surface area (Å²) in [5.41, 5.74) is 3.29. The number of aromatic nitrogens is 1. The number of amides is 1. The van der Waals surface area contributed by atoms with Gasteiger partial charge in [-0.2, -0.15) is 0 Å². The van der Waals surface area contributed by atoms with E-state index in [9.17, 15) is 4.79 Å². The van der Waals surface area contributed by atoms with Gasteiger partial charge in [-0.15, -0.1) is 0 Å². The van der Waals surface area contributed by atoms with E-state index in [1.807, 2.05) is 37.3 Å². The molecule has 1 aromatic heterocycles. The van der Waals surface area contributed by atoms with Crippen LogP contribution < -0.4 is 5.32 Å². The number of fused-ring (bicyclic) bond motifs is 1. The minimum absolute atomic E-state index is 0.0536. The number of carbonyl (C=O) groups excluding carboxylic acids is 1. The van der Waals surface area contributed by atoms with Gasteiger partial charge in [-0.1, -0.05) is 55.5 Å². The van der Waals surface area contributed by atoms with E-state index in [0.717, 1.165) is 28.6 Å². The third-order valence-electron chi connectivity index (χ3n) is 4.20. The van der Waals surface area contributed by atoms with Crippen molar-refractivity contribution in [3.63, 3.8) is 0 Å². The summed E-state index contributed by atoms with van der Waals surface area (Å²) in [7, 11) is 0. The Morgan fingerprint density at radius 3 is 2.52 bits per heavy atom. The molecule has 3 heteroatoms. The van der Waals surface area contributed by atoms with Crippen LogP contribution in [0.25, 0.3) is 22.2 Å². The average molecular weight is 306 g/mol. The van der Waals surface area contributed by atoms with E-state index in [2.05, 4.69) is 47.1 Å². The van der Waals surface area contributed by atoms with E-state index in [1.54, 1.807) is 0 Å². The van der Waals surface area contributed by atoms with Crippen LogP contribution >= 0.6 is 0 Å². The fraction of sp³-hybridized carbons (Fsp3) is 0.250. The summed E-state index contributed by atoms with van der Waals surface area (Å²) in [5, 5.41) is 4.21. The Balaban J connectivity index is 2.02. The number of nitrogens with one attached hydrogen (secondary N) is 1. The molecule has 1 heterocycles. The van der Waals surface area contributed by atoms with E-state index in [-0.39, 0.29) is 11.9 Å². The highest BCUT2D eigenvalue weighted by molar-refractivity contribution is 5.89. The summed E-state index contributed by atoms with van der Waals surface area (Å²) in [4.78, 5) is 12.4. The van der Waals surface area contributed by atoms with Crippen molar-refractivity contribution in [1.29, 1.82) is 0 Å². The maximum Gasteiger partial charge on any atom is 0.240 e. The topological polar surface area (TPSA) is 34.0 Å². The number of rotatable bonds is 5. The Morgan fingerprint density at radius 2 is 1.78 bits per heavy atom. The van der Waals surface area contributed by atoms with E-state index < -0.39 is 0 Å². The molecule has 0 radical (unpaired) electrons. The van der Waals surface area contributed by atoms with E-state index in [0.29, 0.717) is 6.54 Å². The largest absolute Gasteiger partial charge is 0.352 e. The van der Waals surface area contributed by atoms with Crippen LogP contribution in [0.4, 0.5) is 0 Å². The normalized spacial score (nSPS) is 12.3. The number of hydrogen-bond donors (Lipinski definition) is 1. The van der Waals surface area contributed by atoms with Gasteiger partial charge in [0.2, 0.25) is 5.91 Å².